The number of methoxy groups -OCH3 is 1. The molecule has 0 bridgehead atoms. The maximum atomic E-state index is 5.80. The third kappa shape index (κ3) is 2.39. The molecular weight excluding hydrogens is 236 g/mol. The second-order valence-corrected chi connectivity index (χ2v) is 4.33. The summed E-state index contributed by atoms with van der Waals surface area (Å²) >= 11 is 5.80. The Labute approximate surface area is 106 Å². The molecule has 0 aliphatic rings. The summed E-state index contributed by atoms with van der Waals surface area (Å²) in [7, 11) is 1.70. The first-order valence-electron chi connectivity index (χ1n) is 5.90. The van der Waals surface area contributed by atoms with Crippen molar-refractivity contribution in [2.75, 3.05) is 7.11 Å². The second-order valence-electron chi connectivity index (χ2n) is 4.06. The summed E-state index contributed by atoms with van der Waals surface area (Å²) in [6, 6.07) is 3.98. The molecule has 1 heterocycles. The predicted octanol–water partition coefficient (Wildman–Crippen LogP) is 3.65. The van der Waals surface area contributed by atoms with E-state index in [1.807, 2.05) is 12.1 Å². The van der Waals surface area contributed by atoms with Crippen LogP contribution in [0.25, 0.3) is 11.0 Å². The number of rotatable bonds is 5. The lowest BCUT2D eigenvalue weighted by molar-refractivity contribution is 0.410. The number of hydrogen-bond donors (Lipinski definition) is 1. The highest BCUT2D eigenvalue weighted by molar-refractivity contribution is 6.16. The van der Waals surface area contributed by atoms with Gasteiger partial charge >= 0.3 is 0 Å². The van der Waals surface area contributed by atoms with Gasteiger partial charge in [0, 0.05) is 5.56 Å². The van der Waals surface area contributed by atoms with Gasteiger partial charge in [0.1, 0.15) is 11.6 Å². The number of benzene rings is 1. The molecule has 0 aliphatic heterocycles. The highest BCUT2D eigenvalue weighted by Gasteiger charge is 2.11. The normalized spacial score (nSPS) is 11.0. The Morgan fingerprint density at radius 1 is 1.41 bits per heavy atom. The van der Waals surface area contributed by atoms with E-state index in [1.54, 1.807) is 7.11 Å². The van der Waals surface area contributed by atoms with Gasteiger partial charge in [-0.25, -0.2) is 4.98 Å². The summed E-state index contributed by atoms with van der Waals surface area (Å²) in [6.45, 7) is 2.18. The van der Waals surface area contributed by atoms with Crippen LogP contribution in [0.5, 0.6) is 5.75 Å². The molecule has 3 nitrogen and oxygen atoms in total. The molecule has 1 aromatic heterocycles. The summed E-state index contributed by atoms with van der Waals surface area (Å²) in [6.07, 6.45) is 3.29. The molecule has 0 spiro atoms. The number of alkyl halides is 1. The lowest BCUT2D eigenvalue weighted by Crippen LogP contribution is -1.94. The lowest BCUT2D eigenvalue weighted by Gasteiger charge is -2.08. The molecule has 0 amide bonds. The van der Waals surface area contributed by atoms with Gasteiger partial charge in [-0.2, -0.15) is 0 Å². The Kier molecular flexibility index (Phi) is 3.89. The molecule has 0 atom stereocenters. The number of aromatic amines is 1. The molecule has 17 heavy (non-hydrogen) atoms. The van der Waals surface area contributed by atoms with E-state index >= 15 is 0 Å². The molecular formula is C13H17ClN2O. The van der Waals surface area contributed by atoms with Crippen LogP contribution in [-0.4, -0.2) is 17.1 Å². The Balaban J connectivity index is 2.51. The van der Waals surface area contributed by atoms with Gasteiger partial charge in [-0.1, -0.05) is 13.3 Å². The van der Waals surface area contributed by atoms with Crippen LogP contribution < -0.4 is 4.74 Å². The third-order valence-corrected chi connectivity index (χ3v) is 3.15. The Morgan fingerprint density at radius 3 is 2.88 bits per heavy atom. The fourth-order valence-electron chi connectivity index (χ4n) is 2.01. The minimum absolute atomic E-state index is 0.407. The molecule has 0 saturated heterocycles. The van der Waals surface area contributed by atoms with Gasteiger partial charge in [0.2, 0.25) is 0 Å². The minimum Gasteiger partial charge on any atom is -0.496 e. The zero-order valence-electron chi connectivity index (χ0n) is 10.2. The summed E-state index contributed by atoms with van der Waals surface area (Å²) in [5.74, 6) is 2.13. The summed E-state index contributed by atoms with van der Waals surface area (Å²) in [5, 5.41) is 0. The van der Waals surface area contributed by atoms with Crippen LogP contribution in [0, 0.1) is 0 Å². The van der Waals surface area contributed by atoms with E-state index in [0.717, 1.165) is 41.9 Å². The van der Waals surface area contributed by atoms with Crippen molar-refractivity contribution in [2.24, 2.45) is 0 Å². The van der Waals surface area contributed by atoms with Gasteiger partial charge < -0.3 is 9.72 Å². The number of aryl methyl sites for hydroxylation is 1. The Bertz CT molecular complexity index is 507. The maximum Gasteiger partial charge on any atom is 0.124 e. The number of ether oxygens (including phenoxy) is 1. The second kappa shape index (κ2) is 5.41. The van der Waals surface area contributed by atoms with Crippen LogP contribution in [0.2, 0.25) is 0 Å². The standard InChI is InChI=1S/C13H17ClN2O/c1-3-4-5-9-11(17-2)7-6-10-13(9)16-12(8-14)15-10/h6-7H,3-5,8H2,1-2H3,(H,15,16). The number of fused-ring (bicyclic) bond motifs is 1. The molecule has 0 fully saturated rings. The summed E-state index contributed by atoms with van der Waals surface area (Å²) in [4.78, 5) is 7.74. The largest absolute Gasteiger partial charge is 0.496 e. The molecule has 2 aromatic rings. The van der Waals surface area contributed by atoms with Gasteiger partial charge in [0.05, 0.1) is 24.0 Å². The van der Waals surface area contributed by atoms with Crippen LogP contribution in [0.3, 0.4) is 0 Å². The highest BCUT2D eigenvalue weighted by Crippen LogP contribution is 2.28. The van der Waals surface area contributed by atoms with Crippen molar-refractivity contribution in [1.82, 2.24) is 9.97 Å². The molecule has 2 rings (SSSR count). The molecule has 92 valence electrons. The molecule has 0 unspecified atom stereocenters. The van der Waals surface area contributed by atoms with E-state index in [9.17, 15) is 0 Å². The van der Waals surface area contributed by atoms with E-state index in [2.05, 4.69) is 16.9 Å². The van der Waals surface area contributed by atoms with Crippen LogP contribution in [0.15, 0.2) is 12.1 Å². The monoisotopic (exact) mass is 252 g/mol. The fourth-order valence-corrected chi connectivity index (χ4v) is 2.14. The van der Waals surface area contributed by atoms with E-state index in [1.165, 1.54) is 5.56 Å². The number of hydrogen-bond acceptors (Lipinski definition) is 2. The zero-order chi connectivity index (χ0) is 12.3. The summed E-state index contributed by atoms with van der Waals surface area (Å²) < 4.78 is 5.41. The third-order valence-electron chi connectivity index (χ3n) is 2.89. The number of nitrogens with one attached hydrogen (secondary N) is 1. The number of aromatic nitrogens is 2. The van der Waals surface area contributed by atoms with E-state index in [4.69, 9.17) is 16.3 Å². The quantitative estimate of drug-likeness (QED) is 0.825. The minimum atomic E-state index is 0.407. The first-order chi connectivity index (χ1) is 8.30. The number of H-pyrrole nitrogens is 1. The highest BCUT2D eigenvalue weighted by atomic mass is 35.5. The topological polar surface area (TPSA) is 37.9 Å². The fraction of sp³-hybridized carbons (Fsp3) is 0.462. The van der Waals surface area contributed by atoms with Crippen LogP contribution in [0.1, 0.15) is 31.2 Å². The first kappa shape index (κ1) is 12.2. The van der Waals surface area contributed by atoms with Crippen molar-refractivity contribution < 1.29 is 4.74 Å². The van der Waals surface area contributed by atoms with Crippen molar-refractivity contribution in [3.63, 3.8) is 0 Å². The van der Waals surface area contributed by atoms with Gasteiger partial charge in [0.15, 0.2) is 0 Å². The molecule has 0 aliphatic carbocycles. The maximum absolute atomic E-state index is 5.80. The molecule has 1 aromatic carbocycles. The van der Waals surface area contributed by atoms with Crippen molar-refractivity contribution in [2.45, 2.75) is 32.1 Å². The van der Waals surface area contributed by atoms with Crippen molar-refractivity contribution >= 4 is 22.6 Å². The Hall–Kier alpha value is -1.22. The number of unbranched alkanes of at least 4 members (excludes halogenated alkanes) is 1. The average molecular weight is 253 g/mol. The summed E-state index contributed by atoms with van der Waals surface area (Å²) in [5.41, 5.74) is 3.21. The van der Waals surface area contributed by atoms with Crippen molar-refractivity contribution in [3.8, 4) is 5.75 Å². The van der Waals surface area contributed by atoms with Gasteiger partial charge in [-0.15, -0.1) is 11.6 Å². The number of nitrogens with zero attached hydrogens (tertiary/aromatic N) is 1. The van der Waals surface area contributed by atoms with Crippen molar-refractivity contribution in [1.29, 1.82) is 0 Å². The average Bonchev–Trinajstić information content (AvgIpc) is 2.78. The first-order valence-corrected chi connectivity index (χ1v) is 6.44. The van der Waals surface area contributed by atoms with E-state index < -0.39 is 0 Å². The predicted molar refractivity (Wildman–Crippen MR) is 70.8 cm³/mol. The van der Waals surface area contributed by atoms with Gasteiger partial charge in [0.25, 0.3) is 0 Å². The number of halogens is 1. The zero-order valence-corrected chi connectivity index (χ0v) is 11.0. The molecule has 4 heteroatoms. The van der Waals surface area contributed by atoms with Crippen molar-refractivity contribution in [3.05, 3.63) is 23.5 Å². The Morgan fingerprint density at radius 2 is 2.24 bits per heavy atom. The number of imidazole rings is 1. The molecule has 0 saturated carbocycles. The van der Waals surface area contributed by atoms with Crippen LogP contribution >= 0.6 is 11.6 Å². The van der Waals surface area contributed by atoms with E-state index in [-0.39, 0.29) is 0 Å². The molecule has 0 radical (unpaired) electrons. The van der Waals surface area contributed by atoms with E-state index in [0.29, 0.717) is 5.88 Å². The molecule has 1 N–H and O–H groups in total. The smallest absolute Gasteiger partial charge is 0.124 e. The van der Waals surface area contributed by atoms with Gasteiger partial charge in [-0.05, 0) is 25.0 Å². The van der Waals surface area contributed by atoms with Crippen LogP contribution in [-0.2, 0) is 12.3 Å². The van der Waals surface area contributed by atoms with Gasteiger partial charge in [-0.3, -0.25) is 0 Å². The van der Waals surface area contributed by atoms with Crippen LogP contribution in [0.4, 0.5) is 0 Å². The SMILES string of the molecule is CCCCc1c(OC)ccc2[nH]c(CCl)nc12. The lowest BCUT2D eigenvalue weighted by atomic mass is 10.1.